The molecule has 0 aromatic heterocycles. The van der Waals surface area contributed by atoms with E-state index in [1.54, 1.807) is 20.2 Å². The Bertz CT molecular complexity index is 725. The first-order chi connectivity index (χ1) is 11.3. The Morgan fingerprint density at radius 1 is 1.12 bits per heavy atom. The van der Waals surface area contributed by atoms with Crippen molar-refractivity contribution in [3.8, 4) is 11.8 Å². The van der Waals surface area contributed by atoms with E-state index in [0.29, 0.717) is 24.6 Å². The highest BCUT2D eigenvalue weighted by Gasteiger charge is 2.03. The van der Waals surface area contributed by atoms with E-state index in [4.69, 9.17) is 10.00 Å². The molecule has 24 heavy (non-hydrogen) atoms. The third-order valence-corrected chi connectivity index (χ3v) is 3.38. The van der Waals surface area contributed by atoms with Crippen LogP contribution < -0.4 is 15.4 Å². The number of benzene rings is 2. The van der Waals surface area contributed by atoms with Crippen molar-refractivity contribution in [2.75, 3.05) is 14.2 Å². The first-order valence-electron chi connectivity index (χ1n) is 7.32. The fourth-order valence-electron chi connectivity index (χ4n) is 2.19. The zero-order chi connectivity index (χ0) is 16.5. The van der Waals surface area contributed by atoms with Gasteiger partial charge in [0.2, 0.25) is 0 Å². The number of halogens is 1. The van der Waals surface area contributed by atoms with Crippen LogP contribution >= 0.6 is 24.0 Å². The van der Waals surface area contributed by atoms with E-state index < -0.39 is 0 Å². The zero-order valence-electron chi connectivity index (χ0n) is 13.7. The van der Waals surface area contributed by atoms with Crippen molar-refractivity contribution in [1.82, 2.24) is 10.6 Å². The maximum atomic E-state index is 8.93. The van der Waals surface area contributed by atoms with Crippen LogP contribution in [0.25, 0.3) is 0 Å². The first-order valence-corrected chi connectivity index (χ1v) is 7.32. The number of hydrogen-bond donors (Lipinski definition) is 2. The lowest BCUT2D eigenvalue weighted by Crippen LogP contribution is -2.36. The number of rotatable bonds is 5. The molecular weight excluding hydrogens is 415 g/mol. The molecule has 0 atom stereocenters. The number of nitrogens with one attached hydrogen (secondary N) is 2. The standard InChI is InChI=1S/C18H20N4O.HI/c1-20-18(21-12-15-7-5-6-14(10-15)11-19)22-13-16-8-3-4-9-17(16)23-2;/h3-10H,12-13H2,1-2H3,(H2,20,21,22);1H. The van der Waals surface area contributed by atoms with Crippen LogP contribution in [0.15, 0.2) is 53.5 Å². The lowest BCUT2D eigenvalue weighted by Gasteiger charge is -2.13. The SMILES string of the molecule is CN=C(NCc1cccc(C#N)c1)NCc1ccccc1OC.I. The minimum absolute atomic E-state index is 0. The number of ether oxygens (including phenoxy) is 1. The van der Waals surface area contributed by atoms with Crippen molar-refractivity contribution in [1.29, 1.82) is 5.26 Å². The average molecular weight is 436 g/mol. The van der Waals surface area contributed by atoms with Crippen LogP contribution in [0.5, 0.6) is 5.75 Å². The zero-order valence-corrected chi connectivity index (χ0v) is 16.1. The highest BCUT2D eigenvalue weighted by atomic mass is 127. The molecule has 6 heteroatoms. The van der Waals surface area contributed by atoms with Crippen LogP contribution in [0.3, 0.4) is 0 Å². The number of guanidine groups is 1. The van der Waals surface area contributed by atoms with E-state index in [1.807, 2.05) is 42.5 Å². The van der Waals surface area contributed by atoms with Gasteiger partial charge in [0.1, 0.15) is 5.75 Å². The van der Waals surface area contributed by atoms with E-state index in [2.05, 4.69) is 21.7 Å². The molecule has 0 aliphatic carbocycles. The summed E-state index contributed by atoms with van der Waals surface area (Å²) in [6, 6.07) is 17.5. The predicted octanol–water partition coefficient (Wildman–Crippen LogP) is 3.05. The van der Waals surface area contributed by atoms with Crippen LogP contribution in [0.4, 0.5) is 0 Å². The number of nitriles is 1. The first kappa shape index (κ1) is 19.8. The summed E-state index contributed by atoms with van der Waals surface area (Å²) in [6.07, 6.45) is 0. The summed E-state index contributed by atoms with van der Waals surface area (Å²) in [6.45, 7) is 1.21. The van der Waals surface area contributed by atoms with Gasteiger partial charge in [-0.15, -0.1) is 24.0 Å². The molecule has 2 aromatic carbocycles. The Balaban J connectivity index is 0.00000288. The van der Waals surface area contributed by atoms with E-state index in [-0.39, 0.29) is 24.0 Å². The summed E-state index contributed by atoms with van der Waals surface area (Å²) in [5.41, 5.74) is 2.75. The second-order valence-corrected chi connectivity index (χ2v) is 4.90. The summed E-state index contributed by atoms with van der Waals surface area (Å²) in [5.74, 6) is 1.54. The minimum atomic E-state index is 0. The van der Waals surface area contributed by atoms with Gasteiger partial charge in [0.15, 0.2) is 5.96 Å². The largest absolute Gasteiger partial charge is 0.496 e. The monoisotopic (exact) mass is 436 g/mol. The van der Waals surface area contributed by atoms with Gasteiger partial charge < -0.3 is 15.4 Å². The molecule has 2 N–H and O–H groups in total. The molecule has 0 saturated carbocycles. The maximum Gasteiger partial charge on any atom is 0.191 e. The Hall–Kier alpha value is -2.27. The smallest absolute Gasteiger partial charge is 0.191 e. The third-order valence-electron chi connectivity index (χ3n) is 3.38. The van der Waals surface area contributed by atoms with Gasteiger partial charge in [-0.3, -0.25) is 4.99 Å². The second kappa shape index (κ2) is 10.5. The van der Waals surface area contributed by atoms with Crippen molar-refractivity contribution < 1.29 is 4.74 Å². The van der Waals surface area contributed by atoms with Crippen molar-refractivity contribution >= 4 is 29.9 Å². The highest BCUT2D eigenvalue weighted by Crippen LogP contribution is 2.16. The van der Waals surface area contributed by atoms with Gasteiger partial charge in [0.05, 0.1) is 18.7 Å². The topological polar surface area (TPSA) is 69.4 Å². The molecule has 2 aromatic rings. The van der Waals surface area contributed by atoms with E-state index in [1.165, 1.54) is 0 Å². The van der Waals surface area contributed by atoms with Crippen LogP contribution in [-0.4, -0.2) is 20.1 Å². The molecule has 0 aliphatic rings. The predicted molar refractivity (Wildman–Crippen MR) is 107 cm³/mol. The molecule has 0 radical (unpaired) electrons. The van der Waals surface area contributed by atoms with E-state index >= 15 is 0 Å². The number of nitrogens with zero attached hydrogens (tertiary/aromatic N) is 2. The summed E-state index contributed by atoms with van der Waals surface area (Å²) in [7, 11) is 3.39. The van der Waals surface area contributed by atoms with Crippen molar-refractivity contribution in [3.05, 3.63) is 65.2 Å². The molecule has 0 aliphatic heterocycles. The fraction of sp³-hybridized carbons (Fsp3) is 0.222. The molecule has 0 heterocycles. The summed E-state index contributed by atoms with van der Waals surface area (Å²) in [5, 5.41) is 15.4. The molecule has 0 spiro atoms. The summed E-state index contributed by atoms with van der Waals surface area (Å²) < 4.78 is 5.34. The minimum Gasteiger partial charge on any atom is -0.496 e. The van der Waals surface area contributed by atoms with E-state index in [0.717, 1.165) is 16.9 Å². The Morgan fingerprint density at radius 2 is 1.88 bits per heavy atom. The molecule has 5 nitrogen and oxygen atoms in total. The third kappa shape index (κ3) is 5.74. The lowest BCUT2D eigenvalue weighted by atomic mass is 10.1. The quantitative estimate of drug-likeness (QED) is 0.430. The molecule has 0 unspecified atom stereocenters. The van der Waals surface area contributed by atoms with Gasteiger partial charge in [-0.25, -0.2) is 0 Å². The normalized spacial score (nSPS) is 10.3. The van der Waals surface area contributed by atoms with Gasteiger partial charge in [-0.2, -0.15) is 5.26 Å². The maximum absolute atomic E-state index is 8.93. The fourth-order valence-corrected chi connectivity index (χ4v) is 2.19. The summed E-state index contributed by atoms with van der Waals surface area (Å²) >= 11 is 0. The molecule has 0 bridgehead atoms. The van der Waals surface area contributed by atoms with Crippen molar-refractivity contribution in [2.45, 2.75) is 13.1 Å². The van der Waals surface area contributed by atoms with Gasteiger partial charge in [-0.05, 0) is 23.8 Å². The number of para-hydroxylation sites is 1. The number of hydrogen-bond acceptors (Lipinski definition) is 3. The molecule has 0 amide bonds. The van der Waals surface area contributed by atoms with Crippen LogP contribution in [0.2, 0.25) is 0 Å². The van der Waals surface area contributed by atoms with Gasteiger partial charge in [-0.1, -0.05) is 30.3 Å². The van der Waals surface area contributed by atoms with Crippen LogP contribution in [0.1, 0.15) is 16.7 Å². The summed E-state index contributed by atoms with van der Waals surface area (Å²) in [4.78, 5) is 4.20. The second-order valence-electron chi connectivity index (χ2n) is 4.90. The Morgan fingerprint density at radius 3 is 2.58 bits per heavy atom. The number of methoxy groups -OCH3 is 1. The molecule has 0 fully saturated rings. The van der Waals surface area contributed by atoms with Crippen LogP contribution in [0, 0.1) is 11.3 Å². The Labute approximate surface area is 159 Å². The van der Waals surface area contributed by atoms with Gasteiger partial charge in [0, 0.05) is 25.7 Å². The van der Waals surface area contributed by atoms with Gasteiger partial charge >= 0.3 is 0 Å². The molecule has 0 saturated heterocycles. The van der Waals surface area contributed by atoms with Crippen LogP contribution in [-0.2, 0) is 13.1 Å². The molecule has 2 rings (SSSR count). The highest BCUT2D eigenvalue weighted by molar-refractivity contribution is 14.0. The van der Waals surface area contributed by atoms with Crippen molar-refractivity contribution in [2.24, 2.45) is 4.99 Å². The lowest BCUT2D eigenvalue weighted by molar-refractivity contribution is 0.409. The number of aliphatic imine (C=N–C) groups is 1. The molecule has 126 valence electrons. The van der Waals surface area contributed by atoms with E-state index in [9.17, 15) is 0 Å². The average Bonchev–Trinajstić information content (AvgIpc) is 2.62. The Kier molecular flexibility index (Phi) is 8.65. The van der Waals surface area contributed by atoms with Crippen molar-refractivity contribution in [3.63, 3.8) is 0 Å². The van der Waals surface area contributed by atoms with Gasteiger partial charge in [0.25, 0.3) is 0 Å². The molecular formula is C18H21IN4O.